The third-order valence-electron chi connectivity index (χ3n) is 1.96. The highest BCUT2D eigenvalue weighted by Gasteiger charge is 2.31. The predicted octanol–water partition coefficient (Wildman–Crippen LogP) is 2.42. The van der Waals surface area contributed by atoms with Crippen LogP contribution >= 0.6 is 0 Å². The highest BCUT2D eigenvalue weighted by molar-refractivity contribution is 5.60. The zero-order chi connectivity index (χ0) is 12.5. The van der Waals surface area contributed by atoms with E-state index in [0.29, 0.717) is 11.3 Å². The van der Waals surface area contributed by atoms with Crippen molar-refractivity contribution in [2.45, 2.75) is 12.6 Å². The second-order valence-electron chi connectivity index (χ2n) is 3.43. The molecular formula is C10H8F3N3O. The quantitative estimate of drug-likeness (QED) is 0.822. The Hall–Kier alpha value is -2.05. The van der Waals surface area contributed by atoms with Crippen LogP contribution < -0.4 is 5.73 Å². The minimum atomic E-state index is -4.36. The lowest BCUT2D eigenvalue weighted by molar-refractivity contribution is -0.131. The fraction of sp³-hybridized carbons (Fsp3) is 0.200. The molecule has 0 fully saturated rings. The van der Waals surface area contributed by atoms with E-state index in [9.17, 15) is 13.2 Å². The van der Waals surface area contributed by atoms with Crippen LogP contribution in [-0.4, -0.2) is 16.3 Å². The van der Waals surface area contributed by atoms with Crippen LogP contribution in [0.15, 0.2) is 28.8 Å². The van der Waals surface area contributed by atoms with E-state index in [-0.39, 0.29) is 5.82 Å². The van der Waals surface area contributed by atoms with Gasteiger partial charge in [0.05, 0.1) is 0 Å². The molecule has 7 heteroatoms. The summed E-state index contributed by atoms with van der Waals surface area (Å²) in [4.78, 5) is 3.65. The Morgan fingerprint density at radius 2 is 2.06 bits per heavy atom. The molecule has 0 radical (unpaired) electrons. The van der Waals surface area contributed by atoms with Gasteiger partial charge in [0, 0.05) is 11.3 Å². The van der Waals surface area contributed by atoms with Gasteiger partial charge in [0.15, 0.2) is 0 Å². The molecule has 0 saturated heterocycles. The number of nitrogens with two attached hydrogens (primary N) is 1. The molecule has 0 aliphatic carbocycles. The molecule has 0 bridgehead atoms. The van der Waals surface area contributed by atoms with Crippen LogP contribution in [0.2, 0.25) is 0 Å². The molecule has 90 valence electrons. The minimum Gasteiger partial charge on any atom is -0.399 e. The van der Waals surface area contributed by atoms with Crippen molar-refractivity contribution in [1.29, 1.82) is 0 Å². The lowest BCUT2D eigenvalue weighted by atomic mass is 10.2. The predicted molar refractivity (Wildman–Crippen MR) is 53.9 cm³/mol. The highest BCUT2D eigenvalue weighted by Crippen LogP contribution is 2.23. The molecule has 0 spiro atoms. The molecule has 17 heavy (non-hydrogen) atoms. The molecule has 1 aromatic heterocycles. The fourth-order valence-corrected chi connectivity index (χ4v) is 1.29. The Labute approximate surface area is 94.2 Å². The third kappa shape index (κ3) is 2.96. The zero-order valence-corrected chi connectivity index (χ0v) is 8.53. The first-order valence-corrected chi connectivity index (χ1v) is 4.69. The molecule has 0 atom stereocenters. The second kappa shape index (κ2) is 4.08. The van der Waals surface area contributed by atoms with Crippen LogP contribution in [0, 0.1) is 0 Å². The Morgan fingerprint density at radius 3 is 2.71 bits per heavy atom. The van der Waals surface area contributed by atoms with Gasteiger partial charge in [0.1, 0.15) is 6.42 Å². The first kappa shape index (κ1) is 11.4. The summed E-state index contributed by atoms with van der Waals surface area (Å²) in [5, 5.41) is 3.47. The standard InChI is InChI=1S/C10H8F3N3O/c11-10(12,13)5-8-15-9(16-17-8)6-2-1-3-7(14)4-6/h1-4H,5,14H2. The summed E-state index contributed by atoms with van der Waals surface area (Å²) in [7, 11) is 0. The van der Waals surface area contributed by atoms with Crippen LogP contribution in [0.25, 0.3) is 11.4 Å². The zero-order valence-electron chi connectivity index (χ0n) is 8.53. The Balaban J connectivity index is 2.24. The molecule has 0 amide bonds. The lowest BCUT2D eigenvalue weighted by Gasteiger charge is -1.99. The summed E-state index contributed by atoms with van der Waals surface area (Å²) < 4.78 is 40.7. The molecule has 0 unspecified atom stereocenters. The molecule has 0 saturated carbocycles. The van der Waals surface area contributed by atoms with Gasteiger partial charge in [-0.15, -0.1) is 0 Å². The highest BCUT2D eigenvalue weighted by atomic mass is 19.4. The van der Waals surface area contributed by atoms with E-state index in [1.165, 1.54) is 0 Å². The van der Waals surface area contributed by atoms with E-state index < -0.39 is 18.5 Å². The number of alkyl halides is 3. The van der Waals surface area contributed by atoms with E-state index in [4.69, 9.17) is 5.73 Å². The summed E-state index contributed by atoms with van der Waals surface area (Å²) in [6.07, 6.45) is -5.60. The van der Waals surface area contributed by atoms with Crippen molar-refractivity contribution in [1.82, 2.24) is 10.1 Å². The van der Waals surface area contributed by atoms with Gasteiger partial charge in [-0.25, -0.2) is 0 Å². The largest absolute Gasteiger partial charge is 0.399 e. The molecule has 1 aromatic carbocycles. The van der Waals surface area contributed by atoms with Gasteiger partial charge in [-0.3, -0.25) is 0 Å². The van der Waals surface area contributed by atoms with Gasteiger partial charge in [0.25, 0.3) is 0 Å². The third-order valence-corrected chi connectivity index (χ3v) is 1.96. The van der Waals surface area contributed by atoms with E-state index in [1.54, 1.807) is 24.3 Å². The maximum atomic E-state index is 12.1. The fourth-order valence-electron chi connectivity index (χ4n) is 1.29. The van der Waals surface area contributed by atoms with Gasteiger partial charge in [-0.1, -0.05) is 17.3 Å². The van der Waals surface area contributed by atoms with E-state index in [0.717, 1.165) is 0 Å². The van der Waals surface area contributed by atoms with Crippen molar-refractivity contribution in [2.75, 3.05) is 5.73 Å². The van der Waals surface area contributed by atoms with E-state index in [1.807, 2.05) is 0 Å². The van der Waals surface area contributed by atoms with Crippen LogP contribution in [0.5, 0.6) is 0 Å². The van der Waals surface area contributed by atoms with Crippen LogP contribution in [0.3, 0.4) is 0 Å². The molecular weight excluding hydrogens is 235 g/mol. The number of rotatable bonds is 2. The number of aromatic nitrogens is 2. The normalized spacial score (nSPS) is 11.7. The Kier molecular flexibility index (Phi) is 2.74. The average Bonchev–Trinajstić information content (AvgIpc) is 2.63. The number of benzene rings is 1. The monoisotopic (exact) mass is 243 g/mol. The van der Waals surface area contributed by atoms with Gasteiger partial charge in [0.2, 0.25) is 11.7 Å². The number of anilines is 1. The molecule has 2 aromatic rings. The number of hydrogen-bond acceptors (Lipinski definition) is 4. The van der Waals surface area contributed by atoms with Crippen molar-refractivity contribution >= 4 is 5.69 Å². The SMILES string of the molecule is Nc1cccc(-c2noc(CC(F)(F)F)n2)c1. The Bertz CT molecular complexity index is 522. The molecule has 4 nitrogen and oxygen atoms in total. The maximum absolute atomic E-state index is 12.1. The van der Waals surface area contributed by atoms with Gasteiger partial charge in [-0.05, 0) is 12.1 Å². The van der Waals surface area contributed by atoms with Crippen molar-refractivity contribution in [2.24, 2.45) is 0 Å². The summed E-state index contributed by atoms with van der Waals surface area (Å²) in [6, 6.07) is 6.51. The summed E-state index contributed by atoms with van der Waals surface area (Å²) in [5.74, 6) is -0.369. The first-order valence-electron chi connectivity index (χ1n) is 4.69. The van der Waals surface area contributed by atoms with E-state index in [2.05, 4.69) is 14.7 Å². The molecule has 0 aliphatic heterocycles. The van der Waals surface area contributed by atoms with Crippen LogP contribution in [0.1, 0.15) is 5.89 Å². The topological polar surface area (TPSA) is 64.9 Å². The molecule has 1 heterocycles. The number of hydrogen-bond donors (Lipinski definition) is 1. The maximum Gasteiger partial charge on any atom is 0.397 e. The number of nitrogen functional groups attached to an aromatic ring is 1. The second-order valence-corrected chi connectivity index (χ2v) is 3.43. The molecule has 0 aliphatic rings. The number of halogens is 3. The van der Waals surface area contributed by atoms with Gasteiger partial charge in [-0.2, -0.15) is 18.2 Å². The van der Waals surface area contributed by atoms with Gasteiger partial charge < -0.3 is 10.3 Å². The van der Waals surface area contributed by atoms with Crippen molar-refractivity contribution in [3.63, 3.8) is 0 Å². The minimum absolute atomic E-state index is 0.0940. The number of nitrogens with zero attached hydrogens (tertiary/aromatic N) is 2. The Morgan fingerprint density at radius 1 is 1.29 bits per heavy atom. The smallest absolute Gasteiger partial charge is 0.397 e. The van der Waals surface area contributed by atoms with E-state index >= 15 is 0 Å². The lowest BCUT2D eigenvalue weighted by Crippen LogP contribution is -2.11. The molecule has 2 rings (SSSR count). The summed E-state index contributed by atoms with van der Waals surface area (Å²) in [6.45, 7) is 0. The van der Waals surface area contributed by atoms with Crippen molar-refractivity contribution in [3.8, 4) is 11.4 Å². The van der Waals surface area contributed by atoms with Crippen LogP contribution in [-0.2, 0) is 6.42 Å². The molecule has 2 N–H and O–H groups in total. The van der Waals surface area contributed by atoms with Crippen molar-refractivity contribution < 1.29 is 17.7 Å². The summed E-state index contributed by atoms with van der Waals surface area (Å²) in [5.41, 5.74) is 6.53. The van der Waals surface area contributed by atoms with Crippen LogP contribution in [0.4, 0.5) is 18.9 Å². The van der Waals surface area contributed by atoms with Crippen molar-refractivity contribution in [3.05, 3.63) is 30.2 Å². The van der Waals surface area contributed by atoms with Gasteiger partial charge >= 0.3 is 6.18 Å². The summed E-state index contributed by atoms with van der Waals surface area (Å²) >= 11 is 0. The average molecular weight is 243 g/mol. The first-order chi connectivity index (χ1) is 7.94.